The predicted molar refractivity (Wildman–Crippen MR) is 296 cm³/mol. The summed E-state index contributed by atoms with van der Waals surface area (Å²) in [7, 11) is 0. The van der Waals surface area contributed by atoms with Gasteiger partial charge in [-0.05, 0) is 57.8 Å². The average molecular weight is 1120 g/mol. The van der Waals surface area contributed by atoms with E-state index < -0.39 is 124 Å². The fourth-order valence-electron chi connectivity index (χ4n) is 10.1. The minimum atomic E-state index is -1.98. The Hall–Kier alpha value is -1.99. The molecule has 0 aliphatic carbocycles. The Morgan fingerprint density at radius 1 is 0.449 bits per heavy atom. The number of aliphatic hydroxyl groups excluding tert-OH is 11. The molecule has 12 N–H and O–H groups in total. The number of aliphatic hydroxyl groups is 11. The van der Waals surface area contributed by atoms with Gasteiger partial charge in [-0.15, -0.1) is 0 Å². The van der Waals surface area contributed by atoms with Crippen molar-refractivity contribution in [3.8, 4) is 0 Å². The third-order valence-corrected chi connectivity index (χ3v) is 15.2. The molecule has 3 fully saturated rings. The molecule has 19 nitrogen and oxygen atoms in total. The maximum Gasteiger partial charge on any atom is 0.220 e. The van der Waals surface area contributed by atoms with Crippen molar-refractivity contribution in [2.24, 2.45) is 0 Å². The van der Waals surface area contributed by atoms with Crippen molar-refractivity contribution in [3.63, 3.8) is 0 Å². The number of amides is 1. The number of hydrogen-bond donors (Lipinski definition) is 12. The van der Waals surface area contributed by atoms with Crippen LogP contribution in [0.3, 0.4) is 0 Å². The second kappa shape index (κ2) is 42.8. The van der Waals surface area contributed by atoms with Crippen molar-refractivity contribution in [2.75, 3.05) is 26.4 Å². The van der Waals surface area contributed by atoms with Gasteiger partial charge in [0.25, 0.3) is 0 Å². The quantitative estimate of drug-likeness (QED) is 0.0271. The van der Waals surface area contributed by atoms with E-state index >= 15 is 0 Å². The molecule has 0 aromatic carbocycles. The van der Waals surface area contributed by atoms with Crippen molar-refractivity contribution in [1.29, 1.82) is 0 Å². The van der Waals surface area contributed by atoms with Crippen LogP contribution in [0.25, 0.3) is 0 Å². The van der Waals surface area contributed by atoms with E-state index in [4.69, 9.17) is 28.4 Å². The number of nitrogens with one attached hydrogen (secondary N) is 1. The van der Waals surface area contributed by atoms with E-state index in [9.17, 15) is 61.0 Å². The van der Waals surface area contributed by atoms with Gasteiger partial charge in [0.05, 0.1) is 38.6 Å². The molecule has 0 bridgehead atoms. The highest BCUT2D eigenvalue weighted by atomic mass is 16.8. The predicted octanol–water partition coefficient (Wildman–Crippen LogP) is 5.32. The van der Waals surface area contributed by atoms with E-state index in [0.29, 0.717) is 12.8 Å². The van der Waals surface area contributed by atoms with Crippen LogP contribution in [0.15, 0.2) is 36.5 Å². The zero-order valence-corrected chi connectivity index (χ0v) is 47.4. The van der Waals surface area contributed by atoms with Crippen LogP contribution in [-0.4, -0.2) is 193 Å². The monoisotopic (exact) mass is 1120 g/mol. The van der Waals surface area contributed by atoms with Gasteiger partial charge in [-0.3, -0.25) is 4.79 Å². The summed E-state index contributed by atoms with van der Waals surface area (Å²) < 4.78 is 34.2. The standard InChI is InChI=1S/C59H107NO18/c1-3-5-7-9-11-13-15-17-19-21-22-24-26-28-30-32-34-36-43(64)42(60-47(65)37-35-33-31-29-27-25-23-20-18-16-14-12-10-8-6-4-2)41-73-57-53(71)50(68)55(45(39-62)75-57)78-59-54(72)51(69)56(46(40-63)76-59)77-58-52(70)49(67)48(66)44(38-61)74-58/h20,23,26,28,34,36,42-46,48-59,61-64,66-72H,3-19,21-22,24-25,27,29-33,35,37-41H2,1-2H3,(H,60,65)/b23-20-,28-26+,36-34+. The van der Waals surface area contributed by atoms with Gasteiger partial charge < -0.3 is 89.9 Å². The van der Waals surface area contributed by atoms with Crippen LogP contribution in [-0.2, 0) is 33.2 Å². The summed E-state index contributed by atoms with van der Waals surface area (Å²) >= 11 is 0. The smallest absolute Gasteiger partial charge is 0.220 e. The van der Waals surface area contributed by atoms with Crippen molar-refractivity contribution in [3.05, 3.63) is 36.5 Å². The van der Waals surface area contributed by atoms with E-state index in [1.807, 2.05) is 6.08 Å². The van der Waals surface area contributed by atoms with E-state index in [0.717, 1.165) is 57.8 Å². The van der Waals surface area contributed by atoms with Crippen LogP contribution in [0.5, 0.6) is 0 Å². The minimum absolute atomic E-state index is 0.226. The first-order valence-electron chi connectivity index (χ1n) is 30.2. The topological polar surface area (TPSA) is 307 Å². The molecule has 0 aromatic rings. The van der Waals surface area contributed by atoms with Crippen molar-refractivity contribution < 1.29 is 89.4 Å². The lowest BCUT2D eigenvalue weighted by atomic mass is 9.96. The van der Waals surface area contributed by atoms with Gasteiger partial charge in [0.2, 0.25) is 5.91 Å². The summed E-state index contributed by atoms with van der Waals surface area (Å²) in [5.41, 5.74) is 0. The van der Waals surface area contributed by atoms with Crippen molar-refractivity contribution >= 4 is 5.91 Å². The fourth-order valence-corrected chi connectivity index (χ4v) is 10.1. The third-order valence-electron chi connectivity index (χ3n) is 15.2. The maximum atomic E-state index is 13.3. The highest BCUT2D eigenvalue weighted by molar-refractivity contribution is 5.76. The lowest BCUT2D eigenvalue weighted by Crippen LogP contribution is -2.66. The number of rotatable bonds is 44. The van der Waals surface area contributed by atoms with Gasteiger partial charge >= 0.3 is 0 Å². The van der Waals surface area contributed by atoms with Gasteiger partial charge in [0.1, 0.15) is 73.2 Å². The molecule has 3 aliphatic heterocycles. The molecule has 456 valence electrons. The van der Waals surface area contributed by atoms with Crippen LogP contribution >= 0.6 is 0 Å². The molecule has 78 heavy (non-hydrogen) atoms. The highest BCUT2D eigenvalue weighted by Gasteiger charge is 2.53. The molecule has 3 heterocycles. The number of hydrogen-bond acceptors (Lipinski definition) is 18. The molecule has 1 amide bonds. The van der Waals surface area contributed by atoms with Gasteiger partial charge in [-0.25, -0.2) is 0 Å². The molecule has 0 saturated carbocycles. The fraction of sp³-hybridized carbons (Fsp3) is 0.881. The maximum absolute atomic E-state index is 13.3. The van der Waals surface area contributed by atoms with Crippen molar-refractivity contribution in [2.45, 2.75) is 304 Å². The summed E-state index contributed by atoms with van der Waals surface area (Å²) in [4.78, 5) is 13.3. The van der Waals surface area contributed by atoms with Gasteiger partial charge in [-0.1, -0.05) is 172 Å². The first-order chi connectivity index (χ1) is 37.8. The van der Waals surface area contributed by atoms with E-state index in [-0.39, 0.29) is 18.9 Å². The summed E-state index contributed by atoms with van der Waals surface area (Å²) in [6, 6.07) is -0.992. The second-order valence-electron chi connectivity index (χ2n) is 21.8. The largest absolute Gasteiger partial charge is 0.394 e. The number of ether oxygens (including phenoxy) is 6. The SMILES string of the molecule is CCCCCCCCC/C=C\CCCCCCCC(=O)NC(COC1OC(CO)C(OC2OC(CO)C(OC3OC(CO)C(O)C(O)C3O)C(O)C2O)C(O)C1O)C(O)/C=C/CC/C=C/CCCCCCCCCCCCC. The Labute approximate surface area is 466 Å². The molecule has 17 unspecified atom stereocenters. The van der Waals surface area contributed by atoms with Crippen LogP contribution in [0.2, 0.25) is 0 Å². The molecule has 3 aliphatic rings. The molecular formula is C59H107NO18. The van der Waals surface area contributed by atoms with E-state index in [1.165, 1.54) is 109 Å². The highest BCUT2D eigenvalue weighted by Crippen LogP contribution is 2.33. The van der Waals surface area contributed by atoms with Gasteiger partial charge in [-0.2, -0.15) is 0 Å². The second-order valence-corrected chi connectivity index (χ2v) is 21.8. The first kappa shape index (κ1) is 70.3. The Morgan fingerprint density at radius 2 is 0.821 bits per heavy atom. The zero-order chi connectivity index (χ0) is 56.9. The summed E-state index contributed by atoms with van der Waals surface area (Å²) in [5.74, 6) is -0.295. The van der Waals surface area contributed by atoms with Gasteiger partial charge in [0, 0.05) is 6.42 Å². The molecule has 0 aromatic heterocycles. The number of carbonyl (C=O) groups excluding carboxylic acids is 1. The Bertz CT molecular complexity index is 1570. The summed E-state index contributed by atoms with van der Waals surface area (Å²) in [6.07, 6.45) is 18.4. The Balaban J connectivity index is 1.53. The molecular weight excluding hydrogens is 1010 g/mol. The molecule has 19 heteroatoms. The number of unbranched alkanes of at least 4 members (excludes halogenated alkanes) is 24. The number of carbonyl (C=O) groups is 1. The first-order valence-corrected chi connectivity index (χ1v) is 30.2. The minimum Gasteiger partial charge on any atom is -0.394 e. The molecule has 3 saturated heterocycles. The van der Waals surface area contributed by atoms with E-state index in [1.54, 1.807) is 6.08 Å². The summed E-state index contributed by atoms with van der Waals surface area (Å²) in [5, 5.41) is 120. The molecule has 0 spiro atoms. The normalized spacial score (nSPS) is 30.7. The number of allylic oxidation sites excluding steroid dienone is 5. The lowest BCUT2D eigenvalue weighted by molar-refractivity contribution is -0.379. The zero-order valence-electron chi connectivity index (χ0n) is 47.4. The lowest BCUT2D eigenvalue weighted by Gasteiger charge is -2.48. The van der Waals surface area contributed by atoms with Gasteiger partial charge in [0.15, 0.2) is 18.9 Å². The van der Waals surface area contributed by atoms with Crippen molar-refractivity contribution in [1.82, 2.24) is 5.32 Å². The van der Waals surface area contributed by atoms with Crippen LogP contribution in [0, 0.1) is 0 Å². The average Bonchev–Trinajstić information content (AvgIpc) is 3.47. The summed E-state index contributed by atoms with van der Waals surface area (Å²) in [6.45, 7) is 1.69. The van der Waals surface area contributed by atoms with E-state index in [2.05, 4.69) is 43.5 Å². The molecule has 0 radical (unpaired) electrons. The van der Waals surface area contributed by atoms with Crippen LogP contribution in [0.1, 0.15) is 200 Å². The Morgan fingerprint density at radius 3 is 1.28 bits per heavy atom. The molecule has 17 atom stereocenters. The third kappa shape index (κ3) is 26.5. The molecule has 3 rings (SSSR count). The van der Waals surface area contributed by atoms with Crippen LogP contribution in [0.4, 0.5) is 0 Å². The van der Waals surface area contributed by atoms with Crippen LogP contribution < -0.4 is 5.32 Å². The Kier molecular flexibility index (Phi) is 38.5.